The largest absolute Gasteiger partial charge is 0.416 e. The normalized spacial score (nSPS) is 10.6. The zero-order valence-corrected chi connectivity index (χ0v) is 9.57. The summed E-state index contributed by atoms with van der Waals surface area (Å²) in [5.41, 5.74) is 4.47. The van der Waals surface area contributed by atoms with Crippen LogP contribution in [0, 0.1) is 0 Å². The summed E-state index contributed by atoms with van der Waals surface area (Å²) in [5, 5.41) is 2.34. The van der Waals surface area contributed by atoms with Crippen LogP contribution in [0.5, 0.6) is 0 Å². The Kier molecular flexibility index (Phi) is 5.98. The number of halogens is 4. The predicted molar refractivity (Wildman–Crippen MR) is 61.0 cm³/mol. The average molecular weight is 269 g/mol. The molecule has 1 aromatic carbocycles. The summed E-state index contributed by atoms with van der Waals surface area (Å²) in [5.74, 6) is -0.401. The van der Waals surface area contributed by atoms with Crippen LogP contribution < -0.4 is 11.1 Å². The van der Waals surface area contributed by atoms with Crippen molar-refractivity contribution in [3.63, 3.8) is 0 Å². The molecule has 0 fully saturated rings. The molecule has 0 heterocycles. The zero-order valence-electron chi connectivity index (χ0n) is 8.75. The molecule has 0 aliphatic heterocycles. The molecule has 17 heavy (non-hydrogen) atoms. The van der Waals surface area contributed by atoms with Crippen LogP contribution in [-0.4, -0.2) is 12.5 Å². The van der Waals surface area contributed by atoms with Crippen LogP contribution in [0.25, 0.3) is 0 Å². The van der Waals surface area contributed by atoms with Gasteiger partial charge in [-0.05, 0) is 18.2 Å². The lowest BCUT2D eigenvalue weighted by Crippen LogP contribution is -2.16. The molecule has 7 heteroatoms. The van der Waals surface area contributed by atoms with E-state index in [-0.39, 0.29) is 31.1 Å². The molecule has 0 saturated heterocycles. The molecule has 0 unspecified atom stereocenters. The maximum absolute atomic E-state index is 12.3. The highest BCUT2D eigenvalue weighted by molar-refractivity contribution is 5.90. The minimum atomic E-state index is -4.41. The van der Waals surface area contributed by atoms with E-state index in [1.807, 2.05) is 0 Å². The summed E-state index contributed by atoms with van der Waals surface area (Å²) in [6.45, 7) is 0.158. The van der Waals surface area contributed by atoms with Crippen LogP contribution in [-0.2, 0) is 11.0 Å². The van der Waals surface area contributed by atoms with Crippen molar-refractivity contribution >= 4 is 24.0 Å². The summed E-state index contributed by atoms with van der Waals surface area (Å²) in [7, 11) is 0. The standard InChI is InChI=1S/C10H11F3N2O.ClH/c11-10(12,13)7-2-1-3-8(6-7)15-9(16)4-5-14;/h1-3,6H,4-5,14H2,(H,15,16);1H. The summed E-state index contributed by atoms with van der Waals surface area (Å²) >= 11 is 0. The van der Waals surface area contributed by atoms with Crippen molar-refractivity contribution in [3.8, 4) is 0 Å². The van der Waals surface area contributed by atoms with Gasteiger partial charge in [0, 0.05) is 18.7 Å². The first-order chi connectivity index (χ1) is 7.43. The van der Waals surface area contributed by atoms with Gasteiger partial charge in [-0.1, -0.05) is 6.07 Å². The Hall–Kier alpha value is -1.27. The third-order valence-electron chi connectivity index (χ3n) is 1.85. The Morgan fingerprint density at radius 1 is 1.35 bits per heavy atom. The SMILES string of the molecule is Cl.NCCC(=O)Nc1cccc(C(F)(F)F)c1. The maximum atomic E-state index is 12.3. The van der Waals surface area contributed by atoms with Crippen LogP contribution in [0.4, 0.5) is 18.9 Å². The van der Waals surface area contributed by atoms with Crippen molar-refractivity contribution in [2.24, 2.45) is 5.73 Å². The van der Waals surface area contributed by atoms with Gasteiger partial charge in [0.15, 0.2) is 0 Å². The van der Waals surface area contributed by atoms with Crippen molar-refractivity contribution in [2.45, 2.75) is 12.6 Å². The van der Waals surface area contributed by atoms with Crippen molar-refractivity contribution in [3.05, 3.63) is 29.8 Å². The van der Waals surface area contributed by atoms with Crippen LogP contribution in [0.3, 0.4) is 0 Å². The van der Waals surface area contributed by atoms with E-state index in [1.165, 1.54) is 12.1 Å². The highest BCUT2D eigenvalue weighted by Gasteiger charge is 2.30. The first-order valence-electron chi connectivity index (χ1n) is 4.60. The van der Waals surface area contributed by atoms with E-state index in [1.54, 1.807) is 0 Å². The molecule has 1 amide bonds. The number of nitrogens with two attached hydrogens (primary N) is 1. The van der Waals surface area contributed by atoms with Crippen LogP contribution in [0.2, 0.25) is 0 Å². The molecule has 0 radical (unpaired) electrons. The van der Waals surface area contributed by atoms with Gasteiger partial charge >= 0.3 is 6.18 Å². The van der Waals surface area contributed by atoms with E-state index in [2.05, 4.69) is 5.32 Å². The number of alkyl halides is 3. The molecule has 0 spiro atoms. The molecule has 0 aliphatic carbocycles. The molecule has 0 atom stereocenters. The first-order valence-corrected chi connectivity index (χ1v) is 4.60. The predicted octanol–water partition coefficient (Wildman–Crippen LogP) is 2.41. The van der Waals surface area contributed by atoms with Crippen LogP contribution >= 0.6 is 12.4 Å². The average Bonchev–Trinajstić information content (AvgIpc) is 2.17. The van der Waals surface area contributed by atoms with Crippen molar-refractivity contribution in [1.82, 2.24) is 0 Å². The van der Waals surface area contributed by atoms with E-state index < -0.39 is 17.6 Å². The fourth-order valence-electron chi connectivity index (χ4n) is 1.13. The second kappa shape index (κ2) is 6.46. The Morgan fingerprint density at radius 3 is 2.53 bits per heavy atom. The Balaban J connectivity index is 0.00000256. The molecule has 0 saturated carbocycles. The lowest BCUT2D eigenvalue weighted by Gasteiger charge is -2.09. The summed E-state index contributed by atoms with van der Waals surface area (Å²) < 4.78 is 37.0. The highest BCUT2D eigenvalue weighted by Crippen LogP contribution is 2.30. The smallest absolute Gasteiger partial charge is 0.330 e. The molecular formula is C10H12ClF3N2O. The Labute approximate surface area is 103 Å². The van der Waals surface area contributed by atoms with Gasteiger partial charge in [-0.25, -0.2) is 0 Å². The maximum Gasteiger partial charge on any atom is 0.416 e. The number of carbonyl (C=O) groups is 1. The monoisotopic (exact) mass is 268 g/mol. The van der Waals surface area contributed by atoms with Gasteiger partial charge in [0.05, 0.1) is 5.56 Å². The third kappa shape index (κ3) is 5.06. The van der Waals surface area contributed by atoms with Gasteiger partial charge in [0.1, 0.15) is 0 Å². The minimum absolute atomic E-state index is 0. The summed E-state index contributed by atoms with van der Waals surface area (Å²) in [6.07, 6.45) is -4.33. The number of hydrogen-bond acceptors (Lipinski definition) is 2. The Bertz CT molecular complexity index is 382. The molecule has 96 valence electrons. The van der Waals surface area contributed by atoms with Crippen molar-refractivity contribution in [2.75, 3.05) is 11.9 Å². The lowest BCUT2D eigenvalue weighted by molar-refractivity contribution is -0.137. The third-order valence-corrected chi connectivity index (χ3v) is 1.85. The number of benzene rings is 1. The summed E-state index contributed by atoms with van der Waals surface area (Å²) in [6, 6.07) is 4.46. The second-order valence-electron chi connectivity index (χ2n) is 3.17. The fourth-order valence-corrected chi connectivity index (χ4v) is 1.13. The number of hydrogen-bond donors (Lipinski definition) is 2. The van der Waals surface area contributed by atoms with E-state index >= 15 is 0 Å². The van der Waals surface area contributed by atoms with E-state index in [0.29, 0.717) is 0 Å². The van der Waals surface area contributed by atoms with Gasteiger partial charge in [-0.15, -0.1) is 12.4 Å². The number of carbonyl (C=O) groups excluding carboxylic acids is 1. The zero-order chi connectivity index (χ0) is 12.2. The fraction of sp³-hybridized carbons (Fsp3) is 0.300. The van der Waals surface area contributed by atoms with Gasteiger partial charge in [-0.3, -0.25) is 4.79 Å². The van der Waals surface area contributed by atoms with Crippen molar-refractivity contribution in [1.29, 1.82) is 0 Å². The van der Waals surface area contributed by atoms with E-state index in [9.17, 15) is 18.0 Å². The van der Waals surface area contributed by atoms with Crippen LogP contribution in [0.1, 0.15) is 12.0 Å². The topological polar surface area (TPSA) is 55.1 Å². The van der Waals surface area contributed by atoms with Gasteiger partial charge < -0.3 is 11.1 Å². The molecule has 3 N–H and O–H groups in total. The molecule has 0 aliphatic rings. The molecule has 0 aromatic heterocycles. The number of anilines is 1. The molecule has 1 aromatic rings. The number of rotatable bonds is 3. The Morgan fingerprint density at radius 2 is 2.00 bits per heavy atom. The number of amides is 1. The highest BCUT2D eigenvalue weighted by atomic mass is 35.5. The van der Waals surface area contributed by atoms with Gasteiger partial charge in [-0.2, -0.15) is 13.2 Å². The molecular weight excluding hydrogens is 257 g/mol. The molecule has 1 rings (SSSR count). The lowest BCUT2D eigenvalue weighted by atomic mass is 10.2. The number of nitrogens with one attached hydrogen (secondary N) is 1. The summed E-state index contributed by atoms with van der Waals surface area (Å²) in [4.78, 5) is 11.1. The van der Waals surface area contributed by atoms with E-state index in [0.717, 1.165) is 12.1 Å². The van der Waals surface area contributed by atoms with Crippen molar-refractivity contribution < 1.29 is 18.0 Å². The second-order valence-corrected chi connectivity index (χ2v) is 3.17. The molecule has 3 nitrogen and oxygen atoms in total. The van der Waals surface area contributed by atoms with E-state index in [4.69, 9.17) is 5.73 Å². The van der Waals surface area contributed by atoms with Crippen LogP contribution in [0.15, 0.2) is 24.3 Å². The quantitative estimate of drug-likeness (QED) is 0.884. The minimum Gasteiger partial charge on any atom is -0.330 e. The molecule has 0 bridgehead atoms. The first kappa shape index (κ1) is 15.7. The van der Waals surface area contributed by atoms with Gasteiger partial charge in [0.25, 0.3) is 0 Å². The van der Waals surface area contributed by atoms with Gasteiger partial charge in [0.2, 0.25) is 5.91 Å².